The second-order valence-corrected chi connectivity index (χ2v) is 4.59. The number of amides is 2. The number of pyridine rings is 1. The monoisotopic (exact) mass is 263 g/mol. The third kappa shape index (κ3) is 2.73. The Bertz CT molecular complexity index is 502. The van der Waals surface area contributed by atoms with Crippen molar-refractivity contribution in [2.24, 2.45) is 0 Å². The molecule has 0 saturated carbocycles. The molecule has 0 spiro atoms. The summed E-state index contributed by atoms with van der Waals surface area (Å²) in [5.74, 6) is -0.101. The van der Waals surface area contributed by atoms with E-state index in [-0.39, 0.29) is 18.4 Å². The number of aromatic nitrogens is 1. The molecule has 0 radical (unpaired) electrons. The Labute approximate surface area is 111 Å². The number of nitrogens with one attached hydrogen (secondary N) is 1. The van der Waals surface area contributed by atoms with E-state index in [9.17, 15) is 14.7 Å². The van der Waals surface area contributed by atoms with E-state index in [0.29, 0.717) is 17.8 Å². The van der Waals surface area contributed by atoms with Gasteiger partial charge in [-0.25, -0.2) is 4.98 Å². The van der Waals surface area contributed by atoms with Crippen molar-refractivity contribution in [3.05, 3.63) is 23.9 Å². The lowest BCUT2D eigenvalue weighted by Crippen LogP contribution is -2.58. The number of aliphatic hydroxyl groups is 1. The molecule has 0 aromatic carbocycles. The Hall–Kier alpha value is -1.95. The predicted octanol–water partition coefficient (Wildman–Crippen LogP) is 0.376. The van der Waals surface area contributed by atoms with Crippen LogP contribution in [0.2, 0.25) is 0 Å². The lowest BCUT2D eigenvalue weighted by Gasteiger charge is -2.34. The number of piperazine rings is 1. The van der Waals surface area contributed by atoms with Gasteiger partial charge >= 0.3 is 0 Å². The first-order chi connectivity index (χ1) is 9.02. The topological polar surface area (TPSA) is 82.5 Å². The van der Waals surface area contributed by atoms with Crippen molar-refractivity contribution in [1.29, 1.82) is 0 Å². The molecule has 1 aromatic rings. The van der Waals surface area contributed by atoms with E-state index in [1.165, 1.54) is 0 Å². The van der Waals surface area contributed by atoms with Crippen molar-refractivity contribution in [2.75, 3.05) is 11.4 Å². The summed E-state index contributed by atoms with van der Waals surface area (Å²) in [6, 6.07) is 3.01. The Balaban J connectivity index is 2.34. The number of aliphatic hydroxyl groups excluding tert-OH is 1. The molecule has 1 aliphatic heterocycles. The van der Waals surface area contributed by atoms with Crippen LogP contribution < -0.4 is 10.2 Å². The largest absolute Gasteiger partial charge is 0.389 e. The summed E-state index contributed by atoms with van der Waals surface area (Å²) >= 11 is 0. The molecule has 1 aliphatic rings. The molecule has 19 heavy (non-hydrogen) atoms. The molecule has 2 atom stereocenters. The minimum Gasteiger partial charge on any atom is -0.389 e. The Morgan fingerprint density at radius 2 is 2.32 bits per heavy atom. The molecule has 6 heteroatoms. The highest BCUT2D eigenvalue weighted by atomic mass is 16.3. The van der Waals surface area contributed by atoms with Crippen molar-refractivity contribution in [2.45, 2.75) is 32.4 Å². The van der Waals surface area contributed by atoms with Crippen molar-refractivity contribution in [3.8, 4) is 0 Å². The molecule has 1 fully saturated rings. The van der Waals surface area contributed by atoms with Crippen LogP contribution in [-0.4, -0.2) is 34.5 Å². The van der Waals surface area contributed by atoms with E-state index in [0.717, 1.165) is 0 Å². The summed E-state index contributed by atoms with van der Waals surface area (Å²) in [5, 5.41) is 11.9. The molecule has 0 aliphatic carbocycles. The summed E-state index contributed by atoms with van der Waals surface area (Å²) in [4.78, 5) is 29.1. The lowest BCUT2D eigenvalue weighted by atomic mass is 10.1. The van der Waals surface area contributed by atoms with Gasteiger partial charge in [-0.15, -0.1) is 0 Å². The Morgan fingerprint density at radius 1 is 1.58 bits per heavy atom. The van der Waals surface area contributed by atoms with Gasteiger partial charge in [-0.05, 0) is 31.0 Å². The molecule has 6 nitrogen and oxygen atoms in total. The van der Waals surface area contributed by atoms with Crippen LogP contribution in [-0.2, 0) is 9.59 Å². The molecule has 2 rings (SSSR count). The quantitative estimate of drug-likeness (QED) is 0.770. The maximum absolute atomic E-state index is 11.8. The van der Waals surface area contributed by atoms with Gasteiger partial charge in [-0.1, -0.05) is 6.92 Å². The molecule has 0 bridgehead atoms. The summed E-state index contributed by atoms with van der Waals surface area (Å²) in [6.07, 6.45) is 1.54. The highest BCUT2D eigenvalue weighted by Gasteiger charge is 2.33. The second-order valence-electron chi connectivity index (χ2n) is 4.59. The minimum absolute atomic E-state index is 0.0977. The highest BCUT2D eigenvalue weighted by Crippen LogP contribution is 2.22. The van der Waals surface area contributed by atoms with E-state index in [1.807, 2.05) is 6.92 Å². The number of anilines is 1. The van der Waals surface area contributed by atoms with Gasteiger partial charge in [0.05, 0.1) is 12.6 Å². The number of rotatable bonds is 3. The predicted molar refractivity (Wildman–Crippen MR) is 69.4 cm³/mol. The van der Waals surface area contributed by atoms with Crippen LogP contribution in [0.5, 0.6) is 0 Å². The third-order valence-electron chi connectivity index (χ3n) is 3.19. The molecular formula is C13H17N3O3. The molecule has 2 heterocycles. The molecule has 1 unspecified atom stereocenters. The summed E-state index contributed by atoms with van der Waals surface area (Å²) in [7, 11) is 0. The number of hydrogen-bond donors (Lipinski definition) is 2. The molecular weight excluding hydrogens is 246 g/mol. The number of nitrogens with zero attached hydrogens (tertiary/aromatic N) is 2. The normalized spacial score (nSPS) is 21.2. The van der Waals surface area contributed by atoms with Gasteiger partial charge in [0.2, 0.25) is 11.8 Å². The van der Waals surface area contributed by atoms with Gasteiger partial charge in [-0.2, -0.15) is 0 Å². The van der Waals surface area contributed by atoms with Gasteiger partial charge in [0.15, 0.2) is 0 Å². The maximum atomic E-state index is 11.8. The smallest absolute Gasteiger partial charge is 0.249 e. The van der Waals surface area contributed by atoms with Gasteiger partial charge < -0.3 is 10.0 Å². The average Bonchev–Trinajstić information content (AvgIpc) is 2.38. The SMILES string of the molecule is CCC1C(=O)NC(=O)CN1c1cc([C@H](C)O)ccn1. The van der Waals surface area contributed by atoms with E-state index in [4.69, 9.17) is 0 Å². The zero-order chi connectivity index (χ0) is 14.0. The van der Waals surface area contributed by atoms with Gasteiger partial charge in [0.25, 0.3) is 0 Å². The Morgan fingerprint density at radius 3 is 2.95 bits per heavy atom. The second kappa shape index (κ2) is 5.36. The first kappa shape index (κ1) is 13.5. The number of imide groups is 1. The first-order valence-corrected chi connectivity index (χ1v) is 6.27. The molecule has 2 amide bonds. The lowest BCUT2D eigenvalue weighted by molar-refractivity contribution is -0.132. The van der Waals surface area contributed by atoms with Crippen LogP contribution in [0, 0.1) is 0 Å². The van der Waals surface area contributed by atoms with E-state index < -0.39 is 12.1 Å². The zero-order valence-electron chi connectivity index (χ0n) is 11.0. The fourth-order valence-corrected chi connectivity index (χ4v) is 2.16. The number of carbonyl (C=O) groups is 2. The highest BCUT2D eigenvalue weighted by molar-refractivity contribution is 6.04. The van der Waals surface area contributed by atoms with Crippen molar-refractivity contribution in [1.82, 2.24) is 10.3 Å². The fourth-order valence-electron chi connectivity index (χ4n) is 2.16. The van der Waals surface area contributed by atoms with Gasteiger partial charge in [0, 0.05) is 6.20 Å². The van der Waals surface area contributed by atoms with Crippen molar-refractivity contribution in [3.63, 3.8) is 0 Å². The Kier molecular flexibility index (Phi) is 3.80. The standard InChI is InChI=1S/C13H17N3O3/c1-3-10-13(19)15-12(18)7-16(10)11-6-9(8(2)17)4-5-14-11/h4-6,8,10,17H,3,7H2,1-2H3,(H,15,18,19)/t8-,10?/m0/s1. The minimum atomic E-state index is -0.615. The molecule has 1 saturated heterocycles. The van der Waals surface area contributed by atoms with Crippen LogP contribution >= 0.6 is 0 Å². The van der Waals surface area contributed by atoms with Crippen molar-refractivity contribution < 1.29 is 14.7 Å². The number of hydrogen-bond acceptors (Lipinski definition) is 5. The van der Waals surface area contributed by atoms with E-state index in [2.05, 4.69) is 10.3 Å². The molecule has 2 N–H and O–H groups in total. The fraction of sp³-hybridized carbons (Fsp3) is 0.462. The van der Waals surface area contributed by atoms with Gasteiger partial charge in [0.1, 0.15) is 11.9 Å². The molecule has 1 aromatic heterocycles. The maximum Gasteiger partial charge on any atom is 0.249 e. The summed E-state index contributed by atoms with van der Waals surface area (Å²) in [5.41, 5.74) is 0.707. The zero-order valence-corrected chi connectivity index (χ0v) is 11.0. The van der Waals surface area contributed by atoms with Crippen molar-refractivity contribution >= 4 is 17.6 Å². The van der Waals surface area contributed by atoms with Crippen LogP contribution in [0.1, 0.15) is 31.9 Å². The average molecular weight is 263 g/mol. The summed E-state index contributed by atoms with van der Waals surface area (Å²) < 4.78 is 0. The van der Waals surface area contributed by atoms with Crippen LogP contribution in [0.25, 0.3) is 0 Å². The van der Waals surface area contributed by atoms with E-state index in [1.54, 1.807) is 30.2 Å². The summed E-state index contributed by atoms with van der Waals surface area (Å²) in [6.45, 7) is 3.64. The van der Waals surface area contributed by atoms with Gasteiger partial charge in [-0.3, -0.25) is 14.9 Å². The van der Waals surface area contributed by atoms with E-state index >= 15 is 0 Å². The van der Waals surface area contributed by atoms with Crippen LogP contribution in [0.4, 0.5) is 5.82 Å². The first-order valence-electron chi connectivity index (χ1n) is 6.27. The molecule has 102 valence electrons. The van der Waals surface area contributed by atoms with Crippen LogP contribution in [0.15, 0.2) is 18.3 Å². The number of carbonyl (C=O) groups excluding carboxylic acids is 2. The third-order valence-corrected chi connectivity index (χ3v) is 3.19. The van der Waals surface area contributed by atoms with Crippen LogP contribution in [0.3, 0.4) is 0 Å².